The summed E-state index contributed by atoms with van der Waals surface area (Å²) in [5.74, 6) is 1.56. The summed E-state index contributed by atoms with van der Waals surface area (Å²) in [6.07, 6.45) is 2.30. The van der Waals surface area contributed by atoms with Gasteiger partial charge in [-0.05, 0) is 23.8 Å². The smallest absolute Gasteiger partial charge is 0.164 e. The average Bonchev–Trinajstić information content (AvgIpc) is 3.16. The first-order valence-electron chi connectivity index (χ1n) is 7.17. The Hall–Kier alpha value is -1.68. The third kappa shape index (κ3) is 2.24. The van der Waals surface area contributed by atoms with Crippen molar-refractivity contribution in [3.8, 4) is 11.4 Å². The normalized spacial score (nSPS) is 15.6. The van der Waals surface area contributed by atoms with Crippen LogP contribution in [0.2, 0.25) is 0 Å². The third-order valence-electron chi connectivity index (χ3n) is 3.80. The minimum Gasteiger partial charge on any atom is -0.388 e. The molecule has 1 saturated carbocycles. The van der Waals surface area contributed by atoms with E-state index in [4.69, 9.17) is 0 Å². The molecule has 106 valence electrons. The number of hydrogen-bond acceptors (Lipinski definition) is 3. The fourth-order valence-electron chi connectivity index (χ4n) is 2.66. The molecule has 1 heterocycles. The molecule has 0 spiro atoms. The predicted molar refractivity (Wildman–Crippen MR) is 78.4 cm³/mol. The third-order valence-corrected chi connectivity index (χ3v) is 3.80. The molecule has 4 nitrogen and oxygen atoms in total. The molecule has 1 aromatic carbocycles. The number of rotatable bonds is 3. The Balaban J connectivity index is 2.17. The topological polar surface area (TPSA) is 50.9 Å². The largest absolute Gasteiger partial charge is 0.388 e. The maximum atomic E-state index is 9.46. The summed E-state index contributed by atoms with van der Waals surface area (Å²) in [4.78, 5) is 0. The second-order valence-corrected chi connectivity index (χ2v) is 6.49. The zero-order valence-corrected chi connectivity index (χ0v) is 12.3. The Morgan fingerprint density at radius 1 is 1.20 bits per heavy atom. The van der Waals surface area contributed by atoms with Crippen molar-refractivity contribution in [2.24, 2.45) is 0 Å². The molecular weight excluding hydrogens is 250 g/mol. The van der Waals surface area contributed by atoms with Crippen molar-refractivity contribution in [3.63, 3.8) is 0 Å². The molecule has 4 heteroatoms. The second-order valence-electron chi connectivity index (χ2n) is 6.49. The van der Waals surface area contributed by atoms with Crippen molar-refractivity contribution in [2.45, 2.75) is 51.7 Å². The number of hydrogen-bond donors (Lipinski definition) is 1. The van der Waals surface area contributed by atoms with Crippen LogP contribution in [-0.2, 0) is 12.0 Å². The number of aliphatic hydroxyl groups excluding tert-OH is 1. The van der Waals surface area contributed by atoms with Crippen LogP contribution in [0.5, 0.6) is 0 Å². The maximum Gasteiger partial charge on any atom is 0.164 e. The van der Waals surface area contributed by atoms with Crippen LogP contribution in [-0.4, -0.2) is 19.9 Å². The van der Waals surface area contributed by atoms with Crippen molar-refractivity contribution in [3.05, 3.63) is 35.7 Å². The number of aromatic nitrogens is 3. The first kappa shape index (κ1) is 13.3. The summed E-state index contributed by atoms with van der Waals surface area (Å²) in [5, 5.41) is 18.0. The highest BCUT2D eigenvalue weighted by Crippen LogP contribution is 2.40. The van der Waals surface area contributed by atoms with Crippen molar-refractivity contribution in [2.75, 3.05) is 0 Å². The molecule has 0 unspecified atom stereocenters. The Kier molecular flexibility index (Phi) is 3.13. The summed E-state index contributed by atoms with van der Waals surface area (Å²) < 4.78 is 2.12. The number of benzene rings is 1. The zero-order valence-electron chi connectivity index (χ0n) is 12.3. The molecule has 0 atom stereocenters. The van der Waals surface area contributed by atoms with E-state index < -0.39 is 0 Å². The lowest BCUT2D eigenvalue weighted by Crippen LogP contribution is -2.14. The Morgan fingerprint density at radius 2 is 1.90 bits per heavy atom. The molecule has 0 bridgehead atoms. The van der Waals surface area contributed by atoms with Gasteiger partial charge in [-0.15, -0.1) is 10.2 Å². The van der Waals surface area contributed by atoms with Crippen LogP contribution in [0.3, 0.4) is 0 Å². The Morgan fingerprint density at radius 3 is 2.50 bits per heavy atom. The van der Waals surface area contributed by atoms with Gasteiger partial charge < -0.3 is 9.67 Å². The van der Waals surface area contributed by atoms with Crippen molar-refractivity contribution >= 4 is 0 Å². The molecule has 0 aliphatic heterocycles. The standard InChI is InChI=1S/C16H21N3O/c1-16(2,3)13-7-5-4-6-12(13)15-18-17-14(10-20)19(15)11-8-9-11/h4-7,11,20H,8-10H2,1-3H3. The second kappa shape index (κ2) is 4.70. The van der Waals surface area contributed by atoms with E-state index in [1.165, 1.54) is 5.56 Å². The highest BCUT2D eigenvalue weighted by atomic mass is 16.3. The Bertz CT molecular complexity index is 621. The highest BCUT2D eigenvalue weighted by Gasteiger charge is 2.31. The van der Waals surface area contributed by atoms with E-state index in [1.54, 1.807) is 0 Å². The van der Waals surface area contributed by atoms with Gasteiger partial charge in [0.15, 0.2) is 11.6 Å². The fraction of sp³-hybridized carbons (Fsp3) is 0.500. The molecule has 20 heavy (non-hydrogen) atoms. The van der Waals surface area contributed by atoms with Gasteiger partial charge in [-0.3, -0.25) is 0 Å². The number of nitrogens with zero attached hydrogens (tertiary/aromatic N) is 3. The molecule has 0 radical (unpaired) electrons. The average molecular weight is 271 g/mol. The van der Waals surface area contributed by atoms with E-state index in [1.807, 2.05) is 6.07 Å². The lowest BCUT2D eigenvalue weighted by Gasteiger charge is -2.22. The van der Waals surface area contributed by atoms with Gasteiger partial charge in [-0.25, -0.2) is 0 Å². The maximum absolute atomic E-state index is 9.46. The van der Waals surface area contributed by atoms with Gasteiger partial charge in [-0.1, -0.05) is 45.0 Å². The summed E-state index contributed by atoms with van der Waals surface area (Å²) >= 11 is 0. The van der Waals surface area contributed by atoms with Gasteiger partial charge in [0.2, 0.25) is 0 Å². The van der Waals surface area contributed by atoms with Crippen LogP contribution in [0, 0.1) is 0 Å². The van der Waals surface area contributed by atoms with Crippen LogP contribution in [0.25, 0.3) is 11.4 Å². The summed E-state index contributed by atoms with van der Waals surface area (Å²) in [6.45, 7) is 6.56. The molecule has 3 rings (SSSR count). The quantitative estimate of drug-likeness (QED) is 0.933. The molecule has 1 aliphatic rings. The van der Waals surface area contributed by atoms with Gasteiger partial charge in [0, 0.05) is 11.6 Å². The van der Waals surface area contributed by atoms with E-state index in [-0.39, 0.29) is 12.0 Å². The summed E-state index contributed by atoms with van der Waals surface area (Å²) in [7, 11) is 0. The first-order chi connectivity index (χ1) is 9.52. The zero-order chi connectivity index (χ0) is 14.3. The monoisotopic (exact) mass is 271 g/mol. The van der Waals surface area contributed by atoms with Gasteiger partial charge in [-0.2, -0.15) is 0 Å². The molecule has 0 amide bonds. The highest BCUT2D eigenvalue weighted by molar-refractivity contribution is 5.62. The molecule has 2 aromatic rings. The van der Waals surface area contributed by atoms with Crippen molar-refractivity contribution in [1.82, 2.24) is 14.8 Å². The first-order valence-corrected chi connectivity index (χ1v) is 7.17. The van der Waals surface area contributed by atoms with Gasteiger partial charge in [0.05, 0.1) is 0 Å². The van der Waals surface area contributed by atoms with Crippen LogP contribution in [0.4, 0.5) is 0 Å². The van der Waals surface area contributed by atoms with E-state index in [9.17, 15) is 5.11 Å². The van der Waals surface area contributed by atoms with E-state index in [2.05, 4.69) is 53.7 Å². The molecular formula is C16H21N3O. The molecule has 1 aliphatic carbocycles. The Labute approximate surface area is 119 Å². The van der Waals surface area contributed by atoms with E-state index in [0.29, 0.717) is 11.9 Å². The molecule has 1 N–H and O–H groups in total. The molecule has 1 fully saturated rings. The predicted octanol–water partition coefficient (Wildman–Crippen LogP) is 3.07. The summed E-state index contributed by atoms with van der Waals surface area (Å²) in [6, 6.07) is 8.81. The SMILES string of the molecule is CC(C)(C)c1ccccc1-c1nnc(CO)n1C1CC1. The van der Waals surface area contributed by atoms with Gasteiger partial charge >= 0.3 is 0 Å². The van der Waals surface area contributed by atoms with Crippen LogP contribution < -0.4 is 0 Å². The molecule has 0 saturated heterocycles. The van der Waals surface area contributed by atoms with E-state index >= 15 is 0 Å². The van der Waals surface area contributed by atoms with Gasteiger partial charge in [0.1, 0.15) is 6.61 Å². The van der Waals surface area contributed by atoms with Gasteiger partial charge in [0.25, 0.3) is 0 Å². The summed E-state index contributed by atoms with van der Waals surface area (Å²) in [5.41, 5.74) is 2.44. The number of aliphatic hydroxyl groups is 1. The van der Waals surface area contributed by atoms with Crippen LogP contribution in [0.15, 0.2) is 24.3 Å². The lowest BCUT2D eigenvalue weighted by molar-refractivity contribution is 0.265. The molecule has 1 aromatic heterocycles. The van der Waals surface area contributed by atoms with Crippen molar-refractivity contribution < 1.29 is 5.11 Å². The minimum absolute atomic E-state index is 0.0519. The van der Waals surface area contributed by atoms with Crippen LogP contribution >= 0.6 is 0 Å². The fourth-order valence-corrected chi connectivity index (χ4v) is 2.66. The minimum atomic E-state index is -0.0544. The lowest BCUT2D eigenvalue weighted by atomic mass is 9.83. The van der Waals surface area contributed by atoms with Crippen molar-refractivity contribution in [1.29, 1.82) is 0 Å². The van der Waals surface area contributed by atoms with E-state index in [0.717, 1.165) is 24.2 Å². The van der Waals surface area contributed by atoms with Crippen LogP contribution in [0.1, 0.15) is 51.0 Å².